The van der Waals surface area contributed by atoms with Crippen LogP contribution in [0, 0.1) is 19.8 Å². The highest BCUT2D eigenvalue weighted by Gasteiger charge is 2.54. The van der Waals surface area contributed by atoms with Gasteiger partial charge in [0.15, 0.2) is 0 Å². The summed E-state index contributed by atoms with van der Waals surface area (Å²) in [5, 5.41) is 6.95. The average Bonchev–Trinajstić information content (AvgIpc) is 2.98. The number of fused-ring (bicyclic) bond motifs is 1. The van der Waals surface area contributed by atoms with Crippen LogP contribution in [0.15, 0.2) is 0 Å². The first-order valence-corrected chi connectivity index (χ1v) is 8.38. The molecule has 2 N–H and O–H groups in total. The maximum absolute atomic E-state index is 12.3. The third-order valence-corrected chi connectivity index (χ3v) is 5.48. The van der Waals surface area contributed by atoms with E-state index in [4.69, 9.17) is 4.74 Å². The molecule has 0 bridgehead atoms. The van der Waals surface area contributed by atoms with Gasteiger partial charge in [-0.15, -0.1) is 11.3 Å². The van der Waals surface area contributed by atoms with Crippen molar-refractivity contribution in [2.75, 3.05) is 6.61 Å². The Hall–Kier alpha value is -1.47. The number of ether oxygens (including phenoxy) is 1. The van der Waals surface area contributed by atoms with Crippen molar-refractivity contribution in [1.82, 2.24) is 15.6 Å². The Kier molecular flexibility index (Phi) is 4.18. The fraction of sp³-hybridized carbons (Fsp3) is 0.667. The third-order valence-electron chi connectivity index (χ3n) is 4.40. The standard InChI is InChI=1S/C15H21N3O3S/c1-7-11(22-9(3)16-7)6-12(20)18-13-10-4-5-21-15(10)14(13)17-8(2)19/h10,13-15H,4-6H2,1-3H3,(H,17,19)(H,18,20)/t10-,13+,14-,15-/m1/s1. The van der Waals surface area contributed by atoms with E-state index in [0.29, 0.717) is 18.9 Å². The van der Waals surface area contributed by atoms with Crippen LogP contribution in [-0.2, 0) is 20.7 Å². The molecule has 2 heterocycles. The van der Waals surface area contributed by atoms with E-state index in [0.717, 1.165) is 22.0 Å². The fourth-order valence-corrected chi connectivity index (χ4v) is 4.37. The summed E-state index contributed by atoms with van der Waals surface area (Å²) in [6.07, 6.45) is 1.32. The molecular weight excluding hydrogens is 302 g/mol. The number of aromatic nitrogens is 1. The Morgan fingerprint density at radius 2 is 2.09 bits per heavy atom. The molecule has 0 unspecified atom stereocenters. The number of nitrogens with one attached hydrogen (secondary N) is 2. The van der Waals surface area contributed by atoms with Gasteiger partial charge >= 0.3 is 0 Å². The Balaban J connectivity index is 1.62. The molecule has 0 spiro atoms. The van der Waals surface area contributed by atoms with Crippen molar-refractivity contribution in [3.8, 4) is 0 Å². The molecule has 3 rings (SSSR count). The molecule has 1 aromatic heterocycles. The van der Waals surface area contributed by atoms with Crippen LogP contribution < -0.4 is 10.6 Å². The Bertz CT molecular complexity index is 601. The second-order valence-corrected chi connectivity index (χ2v) is 7.31. The SMILES string of the molecule is CC(=O)N[C@@H]1[C@@H](NC(=O)Cc2sc(C)nc2C)[C@H]2CCO[C@H]21. The first-order chi connectivity index (χ1) is 10.5. The Labute approximate surface area is 133 Å². The summed E-state index contributed by atoms with van der Waals surface area (Å²) < 4.78 is 5.64. The van der Waals surface area contributed by atoms with Crippen LogP contribution in [0.1, 0.15) is 28.9 Å². The summed E-state index contributed by atoms with van der Waals surface area (Å²) in [7, 11) is 0. The lowest BCUT2D eigenvalue weighted by Gasteiger charge is -2.47. The van der Waals surface area contributed by atoms with E-state index in [1.54, 1.807) is 11.3 Å². The number of thiazole rings is 1. The summed E-state index contributed by atoms with van der Waals surface area (Å²) in [6.45, 7) is 6.06. The summed E-state index contributed by atoms with van der Waals surface area (Å²) in [4.78, 5) is 29.0. The van der Waals surface area contributed by atoms with E-state index in [1.165, 1.54) is 6.92 Å². The van der Waals surface area contributed by atoms with E-state index >= 15 is 0 Å². The summed E-state index contributed by atoms with van der Waals surface area (Å²) >= 11 is 1.56. The first-order valence-electron chi connectivity index (χ1n) is 7.56. The van der Waals surface area contributed by atoms with E-state index in [2.05, 4.69) is 15.6 Å². The summed E-state index contributed by atoms with van der Waals surface area (Å²) in [6, 6.07) is -0.142. The molecule has 1 saturated heterocycles. The van der Waals surface area contributed by atoms with Crippen molar-refractivity contribution in [1.29, 1.82) is 0 Å². The van der Waals surface area contributed by atoms with Crippen LogP contribution in [0.25, 0.3) is 0 Å². The van der Waals surface area contributed by atoms with Crippen LogP contribution in [0.3, 0.4) is 0 Å². The molecule has 2 aliphatic rings. The van der Waals surface area contributed by atoms with E-state index in [1.807, 2.05) is 13.8 Å². The Morgan fingerprint density at radius 1 is 1.32 bits per heavy atom. The summed E-state index contributed by atoms with van der Waals surface area (Å²) in [5.41, 5.74) is 0.923. The highest BCUT2D eigenvalue weighted by Crippen LogP contribution is 2.39. The van der Waals surface area contributed by atoms with Crippen LogP contribution in [-0.4, -0.2) is 41.6 Å². The first kappa shape index (κ1) is 15.4. The molecule has 1 aliphatic heterocycles. The van der Waals surface area contributed by atoms with Gasteiger partial charge in [-0.05, 0) is 20.3 Å². The average molecular weight is 323 g/mol. The zero-order chi connectivity index (χ0) is 15.9. The van der Waals surface area contributed by atoms with Gasteiger partial charge in [0.2, 0.25) is 11.8 Å². The monoisotopic (exact) mass is 323 g/mol. The van der Waals surface area contributed by atoms with Gasteiger partial charge in [0.1, 0.15) is 0 Å². The van der Waals surface area contributed by atoms with Crippen molar-refractivity contribution in [3.63, 3.8) is 0 Å². The molecule has 1 aliphatic carbocycles. The maximum atomic E-state index is 12.3. The molecule has 0 aromatic carbocycles. The van der Waals surface area contributed by atoms with Crippen LogP contribution in [0.2, 0.25) is 0 Å². The number of amides is 2. The second-order valence-electron chi connectivity index (χ2n) is 6.03. The van der Waals surface area contributed by atoms with Gasteiger partial charge in [-0.1, -0.05) is 0 Å². The minimum Gasteiger partial charge on any atom is -0.376 e. The molecule has 7 heteroatoms. The van der Waals surface area contributed by atoms with Crippen LogP contribution in [0.4, 0.5) is 0 Å². The van der Waals surface area contributed by atoms with Gasteiger partial charge in [-0.25, -0.2) is 4.98 Å². The molecule has 1 aromatic rings. The topological polar surface area (TPSA) is 80.3 Å². The van der Waals surface area contributed by atoms with Crippen molar-refractivity contribution >= 4 is 23.2 Å². The normalized spacial score (nSPS) is 29.6. The van der Waals surface area contributed by atoms with Crippen molar-refractivity contribution in [3.05, 3.63) is 15.6 Å². The number of hydrogen-bond donors (Lipinski definition) is 2. The lowest BCUT2D eigenvalue weighted by Crippen LogP contribution is -2.70. The van der Waals surface area contributed by atoms with Gasteiger partial charge in [0, 0.05) is 24.3 Å². The third kappa shape index (κ3) is 2.87. The predicted molar refractivity (Wildman–Crippen MR) is 82.7 cm³/mol. The molecule has 22 heavy (non-hydrogen) atoms. The molecule has 1 saturated carbocycles. The largest absolute Gasteiger partial charge is 0.376 e. The number of nitrogens with zero attached hydrogens (tertiary/aromatic N) is 1. The molecule has 2 fully saturated rings. The van der Waals surface area contributed by atoms with Crippen molar-refractivity contribution in [2.45, 2.75) is 51.8 Å². The van der Waals surface area contributed by atoms with Gasteiger partial charge < -0.3 is 15.4 Å². The lowest BCUT2D eigenvalue weighted by atomic mass is 9.71. The van der Waals surface area contributed by atoms with Gasteiger partial charge in [0.25, 0.3) is 0 Å². The molecule has 120 valence electrons. The van der Waals surface area contributed by atoms with Crippen LogP contribution >= 0.6 is 11.3 Å². The minimum absolute atomic E-state index is 0.0162. The number of hydrogen-bond acceptors (Lipinski definition) is 5. The zero-order valence-electron chi connectivity index (χ0n) is 13.0. The van der Waals surface area contributed by atoms with Crippen LogP contribution in [0.5, 0.6) is 0 Å². The number of rotatable bonds is 4. The lowest BCUT2D eigenvalue weighted by molar-refractivity contribution is -0.129. The van der Waals surface area contributed by atoms with Gasteiger partial charge in [0.05, 0.1) is 35.3 Å². The van der Waals surface area contributed by atoms with E-state index in [9.17, 15) is 9.59 Å². The number of carbonyl (C=O) groups excluding carboxylic acids is 2. The Morgan fingerprint density at radius 3 is 2.73 bits per heavy atom. The zero-order valence-corrected chi connectivity index (χ0v) is 13.8. The number of carbonyl (C=O) groups is 2. The molecule has 2 amide bonds. The predicted octanol–water partition coefficient (Wildman–Crippen LogP) is 0.711. The van der Waals surface area contributed by atoms with Gasteiger partial charge in [-0.3, -0.25) is 9.59 Å². The van der Waals surface area contributed by atoms with Crippen molar-refractivity contribution < 1.29 is 14.3 Å². The quantitative estimate of drug-likeness (QED) is 0.855. The molecule has 0 radical (unpaired) electrons. The van der Waals surface area contributed by atoms with Gasteiger partial charge in [-0.2, -0.15) is 0 Å². The highest BCUT2D eigenvalue weighted by atomic mass is 32.1. The number of aryl methyl sites for hydroxylation is 2. The van der Waals surface area contributed by atoms with E-state index in [-0.39, 0.29) is 30.0 Å². The summed E-state index contributed by atoms with van der Waals surface area (Å²) in [5.74, 6) is 0.203. The fourth-order valence-electron chi connectivity index (χ4n) is 3.43. The molecular formula is C15H21N3O3S. The molecule has 4 atom stereocenters. The maximum Gasteiger partial charge on any atom is 0.225 e. The minimum atomic E-state index is -0.113. The smallest absolute Gasteiger partial charge is 0.225 e. The highest BCUT2D eigenvalue weighted by molar-refractivity contribution is 7.11. The van der Waals surface area contributed by atoms with Crippen molar-refractivity contribution in [2.24, 2.45) is 5.92 Å². The second kappa shape index (κ2) is 5.96. The van der Waals surface area contributed by atoms with E-state index < -0.39 is 0 Å². The molecule has 6 nitrogen and oxygen atoms in total.